The van der Waals surface area contributed by atoms with Gasteiger partial charge in [-0.3, -0.25) is 43.2 Å². The molecule has 0 spiro atoms. The van der Waals surface area contributed by atoms with Crippen molar-refractivity contribution < 1.29 is 58.2 Å². The van der Waals surface area contributed by atoms with Gasteiger partial charge in [0.05, 0.1) is 19.1 Å². The zero-order valence-electron chi connectivity index (χ0n) is 30.7. The van der Waals surface area contributed by atoms with Crippen LogP contribution in [0.2, 0.25) is 0 Å². The lowest BCUT2D eigenvalue weighted by Crippen LogP contribution is -2.60. The van der Waals surface area contributed by atoms with E-state index in [1.165, 1.54) is 18.7 Å². The lowest BCUT2D eigenvalue weighted by Gasteiger charge is -2.27. The number of thioether (sulfide) groups is 1. The smallest absolute Gasteiger partial charge is 0.326 e. The van der Waals surface area contributed by atoms with Crippen LogP contribution in [0, 0.1) is 5.92 Å². The largest absolute Gasteiger partial charge is 0.480 e. The standard InChI is InChI=1S/C31H54N10O12S/c1-14(2)11-19(28(49)40-20(12-24(35)45)29(50)38-18(31(52)53)6-8-23(34)44)39-27(48)17(9-10-54-4)37-30(51)21(13-42)41-25(46)15(3)36-26(47)16(32)5-7-22(33)43/h14-21,42H,5-13,32H2,1-4H3,(H2,33,43)(H2,34,44)(H2,35,45)(H,36,47)(H,37,51)(H,38,50)(H,39,48)(H,40,49)(H,41,46)(H,52,53)/t15-,16-,17-,18-,19-,20-,21-/m0/s1. The van der Waals surface area contributed by atoms with Gasteiger partial charge in [-0.25, -0.2) is 4.79 Å². The summed E-state index contributed by atoms with van der Waals surface area (Å²) < 4.78 is 0. The third kappa shape index (κ3) is 19.7. The predicted molar refractivity (Wildman–Crippen MR) is 193 cm³/mol. The van der Waals surface area contributed by atoms with Crippen molar-refractivity contribution in [2.45, 2.75) is 108 Å². The summed E-state index contributed by atoms with van der Waals surface area (Å²) in [5, 5.41) is 33.3. The summed E-state index contributed by atoms with van der Waals surface area (Å²) in [4.78, 5) is 124. The number of aliphatic hydroxyl groups is 1. The van der Waals surface area contributed by atoms with E-state index in [1.807, 2.05) is 0 Å². The topological polar surface area (TPSA) is 387 Å². The Kier molecular flexibility index (Phi) is 22.7. The van der Waals surface area contributed by atoms with Crippen LogP contribution in [-0.4, -0.2) is 130 Å². The zero-order chi connectivity index (χ0) is 41.7. The Morgan fingerprint density at radius 1 is 0.574 bits per heavy atom. The maximum atomic E-state index is 13.5. The fraction of sp³-hybridized carbons (Fsp3) is 0.677. The van der Waals surface area contributed by atoms with Crippen LogP contribution < -0.4 is 54.8 Å². The van der Waals surface area contributed by atoms with Crippen LogP contribution in [0.1, 0.15) is 65.7 Å². The molecule has 7 atom stereocenters. The van der Waals surface area contributed by atoms with Gasteiger partial charge in [-0.2, -0.15) is 11.8 Å². The molecule has 23 heteroatoms. The number of primary amides is 3. The van der Waals surface area contributed by atoms with E-state index in [2.05, 4.69) is 31.9 Å². The summed E-state index contributed by atoms with van der Waals surface area (Å²) in [5.41, 5.74) is 21.1. The normalized spacial score (nSPS) is 14.8. The van der Waals surface area contributed by atoms with Crippen molar-refractivity contribution in [2.75, 3.05) is 18.6 Å². The molecule has 54 heavy (non-hydrogen) atoms. The van der Waals surface area contributed by atoms with E-state index in [4.69, 9.17) is 22.9 Å². The van der Waals surface area contributed by atoms with Gasteiger partial charge in [-0.05, 0) is 50.5 Å². The Labute approximate surface area is 316 Å². The molecule has 0 aromatic heterocycles. The molecule has 22 nitrogen and oxygen atoms in total. The minimum Gasteiger partial charge on any atom is -0.480 e. The Morgan fingerprint density at radius 2 is 1.04 bits per heavy atom. The van der Waals surface area contributed by atoms with Gasteiger partial charge < -0.3 is 65.0 Å². The number of rotatable bonds is 27. The van der Waals surface area contributed by atoms with Crippen LogP contribution >= 0.6 is 11.8 Å². The molecule has 9 amide bonds. The fourth-order valence-electron chi connectivity index (χ4n) is 4.56. The molecule has 0 aliphatic heterocycles. The molecule has 0 aromatic rings. The molecular formula is C31H54N10O12S. The molecule has 0 unspecified atom stereocenters. The molecule has 306 valence electrons. The van der Waals surface area contributed by atoms with Crippen molar-refractivity contribution in [3.8, 4) is 0 Å². The van der Waals surface area contributed by atoms with Crippen LogP contribution in [0.4, 0.5) is 0 Å². The van der Waals surface area contributed by atoms with Crippen LogP contribution in [-0.2, 0) is 47.9 Å². The van der Waals surface area contributed by atoms with Crippen LogP contribution in [0.3, 0.4) is 0 Å². The van der Waals surface area contributed by atoms with Crippen molar-refractivity contribution in [1.29, 1.82) is 0 Å². The highest BCUT2D eigenvalue weighted by Gasteiger charge is 2.34. The minimum atomic E-state index is -1.68. The molecule has 0 aliphatic rings. The molecular weight excluding hydrogens is 736 g/mol. The number of carboxylic acid groups (broad SMARTS) is 1. The molecule has 0 saturated carbocycles. The number of hydrogen-bond donors (Lipinski definition) is 12. The third-order valence-corrected chi connectivity index (χ3v) is 8.17. The average Bonchev–Trinajstić information content (AvgIpc) is 3.07. The van der Waals surface area contributed by atoms with Gasteiger partial charge in [0, 0.05) is 12.8 Å². The Hall–Kier alpha value is -5.03. The highest BCUT2D eigenvalue weighted by atomic mass is 32.2. The van der Waals surface area contributed by atoms with E-state index in [1.54, 1.807) is 20.1 Å². The summed E-state index contributed by atoms with van der Waals surface area (Å²) in [6, 6.07) is -9.94. The predicted octanol–water partition coefficient (Wildman–Crippen LogP) is -5.48. The Morgan fingerprint density at radius 3 is 1.54 bits per heavy atom. The molecule has 0 rings (SSSR count). The number of nitrogens with one attached hydrogen (secondary N) is 6. The van der Waals surface area contributed by atoms with Crippen LogP contribution in [0.15, 0.2) is 0 Å². The second-order valence-electron chi connectivity index (χ2n) is 12.8. The molecule has 0 aliphatic carbocycles. The van der Waals surface area contributed by atoms with Gasteiger partial charge in [-0.15, -0.1) is 0 Å². The first-order chi connectivity index (χ1) is 25.1. The van der Waals surface area contributed by atoms with Crippen LogP contribution in [0.25, 0.3) is 0 Å². The number of carboxylic acids is 1. The first-order valence-electron chi connectivity index (χ1n) is 16.9. The van der Waals surface area contributed by atoms with Gasteiger partial charge in [0.15, 0.2) is 0 Å². The molecule has 0 heterocycles. The van der Waals surface area contributed by atoms with Gasteiger partial charge >= 0.3 is 5.97 Å². The van der Waals surface area contributed by atoms with E-state index >= 15 is 0 Å². The second-order valence-corrected chi connectivity index (χ2v) is 13.7. The maximum Gasteiger partial charge on any atom is 0.326 e. The molecule has 0 saturated heterocycles. The van der Waals surface area contributed by atoms with Crippen molar-refractivity contribution in [3.05, 3.63) is 0 Å². The monoisotopic (exact) mass is 790 g/mol. The highest BCUT2D eigenvalue weighted by Crippen LogP contribution is 2.09. The summed E-state index contributed by atoms with van der Waals surface area (Å²) in [6.45, 7) is 3.80. The Bertz CT molecular complexity index is 1370. The van der Waals surface area contributed by atoms with Gasteiger partial charge in [0.25, 0.3) is 0 Å². The van der Waals surface area contributed by atoms with E-state index in [9.17, 15) is 58.2 Å². The van der Waals surface area contributed by atoms with E-state index in [0.717, 1.165) is 0 Å². The number of aliphatic carboxylic acids is 1. The fourth-order valence-corrected chi connectivity index (χ4v) is 5.03. The first-order valence-corrected chi connectivity index (χ1v) is 18.3. The molecule has 0 aromatic carbocycles. The van der Waals surface area contributed by atoms with Crippen molar-refractivity contribution in [2.24, 2.45) is 28.9 Å². The number of carbonyl (C=O) groups is 10. The number of amides is 9. The summed E-state index contributed by atoms with van der Waals surface area (Å²) in [6.07, 6.45) is -0.0330. The second kappa shape index (κ2) is 25.1. The number of aliphatic hydroxyl groups excluding tert-OH is 1. The van der Waals surface area contributed by atoms with E-state index in [0.29, 0.717) is 5.75 Å². The van der Waals surface area contributed by atoms with Gasteiger partial charge in [0.2, 0.25) is 53.2 Å². The number of carbonyl (C=O) groups excluding carboxylic acids is 9. The molecule has 0 radical (unpaired) electrons. The zero-order valence-corrected chi connectivity index (χ0v) is 31.5. The molecule has 16 N–H and O–H groups in total. The quantitative estimate of drug-likeness (QED) is 0.0370. The van der Waals surface area contributed by atoms with Crippen molar-refractivity contribution in [3.63, 3.8) is 0 Å². The van der Waals surface area contributed by atoms with Crippen LogP contribution in [0.5, 0.6) is 0 Å². The average molecular weight is 791 g/mol. The Balaban J connectivity index is 5.93. The lowest BCUT2D eigenvalue weighted by atomic mass is 10.0. The SMILES string of the molecule is CSCC[C@H](NC(=O)[C@H](CO)NC(=O)[C@H](C)NC(=O)[C@@H](N)CCC(N)=O)C(=O)N[C@@H](CC(C)C)C(=O)N[C@@H](CC(N)=O)C(=O)N[C@@H](CCC(N)=O)C(=O)O. The summed E-state index contributed by atoms with van der Waals surface area (Å²) >= 11 is 1.32. The van der Waals surface area contributed by atoms with Gasteiger partial charge in [0.1, 0.15) is 36.3 Å². The maximum absolute atomic E-state index is 13.5. The van der Waals surface area contributed by atoms with Crippen molar-refractivity contribution >= 4 is 70.9 Å². The van der Waals surface area contributed by atoms with Crippen molar-refractivity contribution in [1.82, 2.24) is 31.9 Å². The molecule has 0 bridgehead atoms. The highest BCUT2D eigenvalue weighted by molar-refractivity contribution is 7.98. The summed E-state index contributed by atoms with van der Waals surface area (Å²) in [7, 11) is 0. The lowest BCUT2D eigenvalue weighted by molar-refractivity contribution is -0.143. The first kappa shape index (κ1) is 49.0. The van der Waals surface area contributed by atoms with E-state index in [-0.39, 0.29) is 44.4 Å². The number of nitrogens with two attached hydrogens (primary N) is 4. The third-order valence-electron chi connectivity index (χ3n) is 7.52. The summed E-state index contributed by atoms with van der Waals surface area (Å²) in [5.74, 6) is -9.54. The van der Waals surface area contributed by atoms with E-state index < -0.39 is 114 Å². The van der Waals surface area contributed by atoms with Gasteiger partial charge in [-0.1, -0.05) is 13.8 Å². The number of hydrogen-bond acceptors (Lipinski definition) is 13. The minimum absolute atomic E-state index is 0.00679. The molecule has 0 fully saturated rings.